The Labute approximate surface area is 144 Å². The minimum Gasteiger partial charge on any atom is -0.480 e. The van der Waals surface area contributed by atoms with Crippen LogP contribution in [0.1, 0.15) is 55.6 Å². The van der Waals surface area contributed by atoms with Crippen molar-refractivity contribution < 1.29 is 9.90 Å². The van der Waals surface area contributed by atoms with E-state index in [0.29, 0.717) is 12.1 Å². The van der Waals surface area contributed by atoms with E-state index in [-0.39, 0.29) is 6.54 Å². The Kier molecular flexibility index (Phi) is 4.59. The zero-order chi connectivity index (χ0) is 16.5. The van der Waals surface area contributed by atoms with Crippen molar-refractivity contribution in [3.63, 3.8) is 0 Å². The number of aliphatic carboxylic acids is 1. The second-order valence-corrected chi connectivity index (χ2v) is 7.99. The van der Waals surface area contributed by atoms with E-state index in [1.165, 1.54) is 36.8 Å². The molecule has 0 amide bonds. The monoisotopic (exact) mass is 328 g/mol. The predicted molar refractivity (Wildman–Crippen MR) is 94.0 cm³/mol. The number of benzene rings is 1. The van der Waals surface area contributed by atoms with Crippen molar-refractivity contribution in [2.24, 2.45) is 5.92 Å². The Balaban J connectivity index is 1.20. The second kappa shape index (κ2) is 6.85. The molecule has 2 N–H and O–H groups in total. The van der Waals surface area contributed by atoms with E-state index in [1.807, 2.05) is 0 Å². The molecule has 0 saturated heterocycles. The van der Waals surface area contributed by atoms with Crippen LogP contribution in [-0.4, -0.2) is 41.1 Å². The number of carboxylic acids is 1. The number of carbonyl (C=O) groups is 1. The molecule has 24 heavy (non-hydrogen) atoms. The number of hydrogen-bond donors (Lipinski definition) is 2. The third-order valence-electron chi connectivity index (χ3n) is 5.78. The summed E-state index contributed by atoms with van der Waals surface area (Å²) in [4.78, 5) is 13.3. The van der Waals surface area contributed by atoms with Gasteiger partial charge in [0.15, 0.2) is 0 Å². The normalized spacial score (nSPS) is 26.4. The molecule has 4 heteroatoms. The maximum atomic E-state index is 11.1. The highest BCUT2D eigenvalue weighted by atomic mass is 16.4. The molecule has 3 aliphatic rings. The van der Waals surface area contributed by atoms with Crippen LogP contribution in [0, 0.1) is 5.92 Å². The van der Waals surface area contributed by atoms with Gasteiger partial charge >= 0.3 is 5.97 Å². The fraction of sp³-hybridized carbons (Fsp3) is 0.650. The van der Waals surface area contributed by atoms with Gasteiger partial charge in [-0.25, -0.2) is 0 Å². The number of hydrogen-bond acceptors (Lipinski definition) is 3. The molecule has 0 radical (unpaired) electrons. The second-order valence-electron chi connectivity index (χ2n) is 7.99. The van der Waals surface area contributed by atoms with Crippen molar-refractivity contribution in [2.45, 2.75) is 63.1 Å². The highest BCUT2D eigenvalue weighted by molar-refractivity contribution is 5.69. The summed E-state index contributed by atoms with van der Waals surface area (Å²) >= 11 is 0. The molecular weight excluding hydrogens is 300 g/mol. The van der Waals surface area contributed by atoms with Crippen LogP contribution in [0.15, 0.2) is 24.3 Å². The summed E-state index contributed by atoms with van der Waals surface area (Å²) < 4.78 is 0. The fourth-order valence-corrected chi connectivity index (χ4v) is 3.79. The van der Waals surface area contributed by atoms with Gasteiger partial charge in [-0.05, 0) is 61.5 Å². The Bertz CT molecular complexity index is 572. The molecule has 4 nitrogen and oxygen atoms in total. The van der Waals surface area contributed by atoms with Crippen molar-refractivity contribution >= 4 is 5.97 Å². The van der Waals surface area contributed by atoms with Gasteiger partial charge in [-0.2, -0.15) is 0 Å². The summed E-state index contributed by atoms with van der Waals surface area (Å²) in [6.45, 7) is 2.10. The lowest BCUT2D eigenvalue weighted by Gasteiger charge is -2.43. The highest BCUT2D eigenvalue weighted by Crippen LogP contribution is 2.40. The van der Waals surface area contributed by atoms with Gasteiger partial charge in [-0.15, -0.1) is 0 Å². The van der Waals surface area contributed by atoms with Gasteiger partial charge in [-0.3, -0.25) is 9.69 Å². The molecule has 0 aliphatic heterocycles. The van der Waals surface area contributed by atoms with Crippen LogP contribution in [0.3, 0.4) is 0 Å². The summed E-state index contributed by atoms with van der Waals surface area (Å²) in [6, 6.07) is 10.1. The Morgan fingerprint density at radius 3 is 2.42 bits per heavy atom. The van der Waals surface area contributed by atoms with Crippen molar-refractivity contribution in [1.29, 1.82) is 0 Å². The molecule has 0 spiro atoms. The summed E-state index contributed by atoms with van der Waals surface area (Å²) in [5, 5.41) is 12.7. The van der Waals surface area contributed by atoms with Crippen molar-refractivity contribution in [3.05, 3.63) is 35.4 Å². The maximum Gasteiger partial charge on any atom is 0.317 e. The quantitative estimate of drug-likeness (QED) is 0.732. The van der Waals surface area contributed by atoms with Gasteiger partial charge in [0.2, 0.25) is 0 Å². The molecule has 0 bridgehead atoms. The highest BCUT2D eigenvalue weighted by Gasteiger charge is 2.36. The zero-order valence-electron chi connectivity index (χ0n) is 14.3. The molecule has 0 unspecified atom stereocenters. The van der Waals surface area contributed by atoms with E-state index in [4.69, 9.17) is 5.11 Å². The predicted octanol–water partition coefficient (Wildman–Crippen LogP) is 2.98. The van der Waals surface area contributed by atoms with Gasteiger partial charge in [0.05, 0.1) is 6.54 Å². The van der Waals surface area contributed by atoms with Crippen LogP contribution in [0.5, 0.6) is 0 Å². The van der Waals surface area contributed by atoms with Crippen molar-refractivity contribution in [1.82, 2.24) is 10.2 Å². The van der Waals surface area contributed by atoms with E-state index < -0.39 is 5.97 Å². The topological polar surface area (TPSA) is 52.6 Å². The Morgan fingerprint density at radius 2 is 1.83 bits per heavy atom. The average Bonchev–Trinajstić information content (AvgIpc) is 3.39. The van der Waals surface area contributed by atoms with Gasteiger partial charge < -0.3 is 10.4 Å². The molecule has 1 aromatic rings. The lowest BCUT2D eigenvalue weighted by atomic mass is 9.85. The number of nitrogens with zero attached hydrogens (tertiary/aromatic N) is 1. The van der Waals surface area contributed by atoms with Gasteiger partial charge in [0.1, 0.15) is 0 Å². The summed E-state index contributed by atoms with van der Waals surface area (Å²) in [6.07, 6.45) is 7.44. The lowest BCUT2D eigenvalue weighted by molar-refractivity contribution is -0.139. The summed E-state index contributed by atoms with van der Waals surface area (Å²) in [7, 11) is 0. The maximum absolute atomic E-state index is 11.1. The molecule has 4 rings (SSSR count). The standard InChI is InChI=1S/C20H28N2O2/c23-20(24)13-22(12-15-1-2-15)19-9-18(10-19)21-11-14-3-5-16(6-4-14)17-7-8-17/h3-6,15,17-19,21H,1-2,7-13H2,(H,23,24). The first-order valence-corrected chi connectivity index (χ1v) is 9.45. The van der Waals surface area contributed by atoms with Crippen LogP contribution < -0.4 is 5.32 Å². The fourth-order valence-electron chi connectivity index (χ4n) is 3.79. The first-order valence-electron chi connectivity index (χ1n) is 9.45. The van der Waals surface area contributed by atoms with E-state index >= 15 is 0 Å². The SMILES string of the molecule is O=C(O)CN(CC1CC1)C1CC(NCc2ccc(C3CC3)cc2)C1. The summed E-state index contributed by atoms with van der Waals surface area (Å²) in [5.41, 5.74) is 2.84. The third-order valence-corrected chi connectivity index (χ3v) is 5.78. The van der Waals surface area contributed by atoms with Gasteiger partial charge in [-0.1, -0.05) is 24.3 Å². The smallest absolute Gasteiger partial charge is 0.317 e. The molecule has 0 heterocycles. The van der Waals surface area contributed by atoms with E-state index in [9.17, 15) is 4.79 Å². The average molecular weight is 328 g/mol. The molecule has 130 valence electrons. The Hall–Kier alpha value is -1.39. The molecule has 3 fully saturated rings. The lowest BCUT2D eigenvalue weighted by Crippen LogP contribution is -2.54. The minimum atomic E-state index is -0.692. The van der Waals surface area contributed by atoms with Crippen LogP contribution in [0.25, 0.3) is 0 Å². The zero-order valence-corrected chi connectivity index (χ0v) is 14.3. The summed E-state index contributed by atoms with van der Waals surface area (Å²) in [5.74, 6) is 0.884. The third kappa shape index (κ3) is 4.17. The van der Waals surface area contributed by atoms with E-state index in [0.717, 1.165) is 37.8 Å². The molecular formula is C20H28N2O2. The first kappa shape index (κ1) is 16.1. The molecule has 3 saturated carbocycles. The molecule has 1 aromatic carbocycles. The van der Waals surface area contributed by atoms with Crippen LogP contribution in [0.4, 0.5) is 0 Å². The first-order chi connectivity index (χ1) is 11.7. The molecule has 0 aromatic heterocycles. The van der Waals surface area contributed by atoms with E-state index in [2.05, 4.69) is 34.5 Å². The van der Waals surface area contributed by atoms with Gasteiger partial charge in [0.25, 0.3) is 0 Å². The van der Waals surface area contributed by atoms with Crippen LogP contribution in [0.2, 0.25) is 0 Å². The van der Waals surface area contributed by atoms with E-state index in [1.54, 1.807) is 0 Å². The number of rotatable bonds is 9. The largest absolute Gasteiger partial charge is 0.480 e. The van der Waals surface area contributed by atoms with Crippen molar-refractivity contribution in [3.8, 4) is 0 Å². The minimum absolute atomic E-state index is 0.205. The molecule has 0 atom stereocenters. The van der Waals surface area contributed by atoms with Crippen LogP contribution >= 0.6 is 0 Å². The Morgan fingerprint density at radius 1 is 1.12 bits per heavy atom. The molecule has 3 aliphatic carbocycles. The van der Waals surface area contributed by atoms with Crippen molar-refractivity contribution in [2.75, 3.05) is 13.1 Å². The van der Waals surface area contributed by atoms with Crippen LogP contribution in [-0.2, 0) is 11.3 Å². The number of nitrogens with one attached hydrogen (secondary N) is 1. The number of carboxylic acid groups (broad SMARTS) is 1. The van der Waals surface area contributed by atoms with Gasteiger partial charge in [0, 0.05) is 25.2 Å².